The molecule has 1 aliphatic rings. The van der Waals surface area contributed by atoms with Crippen LogP contribution in [0.3, 0.4) is 0 Å². The molecule has 0 saturated heterocycles. The monoisotopic (exact) mass is 203 g/mol. The Morgan fingerprint density at radius 1 is 1.07 bits per heavy atom. The Kier molecular flexibility index (Phi) is 2.81. The molecule has 1 heteroatoms. The van der Waals surface area contributed by atoms with Crippen molar-refractivity contribution in [3.63, 3.8) is 0 Å². The summed E-state index contributed by atoms with van der Waals surface area (Å²) in [4.78, 5) is 4.87. The lowest BCUT2D eigenvalue weighted by atomic mass is 9.93. The lowest BCUT2D eigenvalue weighted by molar-refractivity contribution is 0.748. The minimum Gasteiger partial charge on any atom is -0.257 e. The number of aryl methyl sites for hydroxylation is 2. The topological polar surface area (TPSA) is 12.9 Å². The van der Waals surface area contributed by atoms with E-state index >= 15 is 0 Å². The predicted molar refractivity (Wildman–Crippen MR) is 64.4 cm³/mol. The van der Waals surface area contributed by atoms with Crippen molar-refractivity contribution < 1.29 is 0 Å². The molecular formula is C14H21N. The highest BCUT2D eigenvalue weighted by Gasteiger charge is 2.18. The van der Waals surface area contributed by atoms with Gasteiger partial charge in [-0.25, -0.2) is 0 Å². The van der Waals surface area contributed by atoms with E-state index in [1.165, 1.54) is 41.8 Å². The molecule has 82 valence electrons. The van der Waals surface area contributed by atoms with Gasteiger partial charge < -0.3 is 0 Å². The highest BCUT2D eigenvalue weighted by molar-refractivity contribution is 5.36. The van der Waals surface area contributed by atoms with Crippen molar-refractivity contribution in [3.05, 3.63) is 28.6 Å². The molecule has 0 saturated carbocycles. The van der Waals surface area contributed by atoms with Gasteiger partial charge in [-0.1, -0.05) is 33.8 Å². The third-order valence-electron chi connectivity index (χ3n) is 3.28. The van der Waals surface area contributed by atoms with Crippen LogP contribution < -0.4 is 0 Å². The Balaban J connectivity index is 2.52. The number of hydrogen-bond acceptors (Lipinski definition) is 1. The molecule has 0 radical (unpaired) electrons. The third kappa shape index (κ3) is 1.92. The Morgan fingerprint density at radius 2 is 1.80 bits per heavy atom. The van der Waals surface area contributed by atoms with Gasteiger partial charge in [-0.15, -0.1) is 0 Å². The number of rotatable bonds is 2. The van der Waals surface area contributed by atoms with Crippen molar-refractivity contribution in [2.75, 3.05) is 0 Å². The zero-order valence-electron chi connectivity index (χ0n) is 10.3. The van der Waals surface area contributed by atoms with Gasteiger partial charge in [0.25, 0.3) is 0 Å². The molecule has 0 aromatic carbocycles. The first-order chi connectivity index (χ1) is 7.09. The smallest absolute Gasteiger partial charge is 0.0467 e. The van der Waals surface area contributed by atoms with E-state index < -0.39 is 0 Å². The molecule has 1 nitrogen and oxygen atoms in total. The molecule has 2 rings (SSSR count). The van der Waals surface area contributed by atoms with Crippen LogP contribution in [0.25, 0.3) is 0 Å². The maximum Gasteiger partial charge on any atom is 0.0467 e. The van der Waals surface area contributed by atoms with Crippen molar-refractivity contribution in [1.29, 1.82) is 0 Å². The molecule has 0 spiro atoms. The lowest BCUT2D eigenvalue weighted by Gasteiger charge is -2.16. The van der Waals surface area contributed by atoms with Gasteiger partial charge in [0.2, 0.25) is 0 Å². The van der Waals surface area contributed by atoms with Gasteiger partial charge >= 0.3 is 0 Å². The summed E-state index contributed by atoms with van der Waals surface area (Å²) in [7, 11) is 0. The van der Waals surface area contributed by atoms with E-state index in [1.807, 2.05) is 0 Å². The van der Waals surface area contributed by atoms with Crippen molar-refractivity contribution in [2.45, 2.75) is 58.8 Å². The number of pyridine rings is 1. The molecule has 1 aromatic rings. The predicted octanol–water partition coefficient (Wildman–Crippen LogP) is 3.82. The van der Waals surface area contributed by atoms with Gasteiger partial charge in [-0.2, -0.15) is 0 Å². The first kappa shape index (κ1) is 10.7. The second-order valence-electron chi connectivity index (χ2n) is 5.23. The fourth-order valence-corrected chi connectivity index (χ4v) is 2.43. The van der Waals surface area contributed by atoms with Crippen LogP contribution in [0.2, 0.25) is 0 Å². The standard InChI is InChI=1S/C14H21N/c1-9(2)12-8-11-6-5-7-13(11)15-14(12)10(3)4/h8-10H,5-7H2,1-4H3. The summed E-state index contributed by atoms with van der Waals surface area (Å²) in [6.07, 6.45) is 3.72. The van der Waals surface area contributed by atoms with Crippen molar-refractivity contribution >= 4 is 0 Å². The Hall–Kier alpha value is -0.850. The Morgan fingerprint density at radius 3 is 2.40 bits per heavy atom. The fraction of sp³-hybridized carbons (Fsp3) is 0.643. The molecular weight excluding hydrogens is 182 g/mol. The van der Waals surface area contributed by atoms with Crippen molar-refractivity contribution in [3.8, 4) is 0 Å². The quantitative estimate of drug-likeness (QED) is 0.712. The maximum absolute atomic E-state index is 4.87. The first-order valence-corrected chi connectivity index (χ1v) is 6.12. The normalized spacial score (nSPS) is 15.1. The zero-order valence-corrected chi connectivity index (χ0v) is 10.3. The fourth-order valence-electron chi connectivity index (χ4n) is 2.43. The molecule has 0 atom stereocenters. The van der Waals surface area contributed by atoms with Crippen molar-refractivity contribution in [1.82, 2.24) is 4.98 Å². The molecule has 1 aliphatic carbocycles. The number of fused-ring (bicyclic) bond motifs is 1. The average molecular weight is 203 g/mol. The maximum atomic E-state index is 4.87. The minimum absolute atomic E-state index is 0.549. The van der Waals surface area contributed by atoms with Crippen LogP contribution in [0.4, 0.5) is 0 Å². The van der Waals surface area contributed by atoms with E-state index in [-0.39, 0.29) is 0 Å². The Labute approximate surface area is 92.9 Å². The Bertz CT molecular complexity index is 329. The van der Waals surface area contributed by atoms with Crippen LogP contribution in [-0.4, -0.2) is 4.98 Å². The van der Waals surface area contributed by atoms with Crippen LogP contribution in [0.1, 0.15) is 68.5 Å². The van der Waals surface area contributed by atoms with Crippen LogP contribution in [0.5, 0.6) is 0 Å². The highest BCUT2D eigenvalue weighted by atomic mass is 14.7. The summed E-state index contributed by atoms with van der Waals surface area (Å²) in [5, 5.41) is 0. The van der Waals surface area contributed by atoms with E-state index in [4.69, 9.17) is 4.98 Å². The van der Waals surface area contributed by atoms with Gasteiger partial charge in [0.15, 0.2) is 0 Å². The summed E-state index contributed by atoms with van der Waals surface area (Å²) in [6, 6.07) is 2.41. The first-order valence-electron chi connectivity index (χ1n) is 6.12. The van der Waals surface area contributed by atoms with Gasteiger partial charge in [-0.05, 0) is 42.2 Å². The van der Waals surface area contributed by atoms with E-state index in [1.54, 1.807) is 0 Å². The van der Waals surface area contributed by atoms with E-state index in [0.717, 1.165) is 0 Å². The summed E-state index contributed by atoms with van der Waals surface area (Å²) >= 11 is 0. The van der Waals surface area contributed by atoms with Crippen LogP contribution in [0.15, 0.2) is 6.07 Å². The lowest BCUT2D eigenvalue weighted by Crippen LogP contribution is -2.05. The van der Waals surface area contributed by atoms with Crippen LogP contribution in [0, 0.1) is 0 Å². The molecule has 0 unspecified atom stereocenters. The number of hydrogen-bond donors (Lipinski definition) is 0. The molecule has 1 aromatic heterocycles. The van der Waals surface area contributed by atoms with E-state index in [9.17, 15) is 0 Å². The third-order valence-corrected chi connectivity index (χ3v) is 3.28. The molecule has 0 bridgehead atoms. The second kappa shape index (κ2) is 3.96. The summed E-state index contributed by atoms with van der Waals surface area (Å²) < 4.78 is 0. The van der Waals surface area contributed by atoms with Crippen LogP contribution >= 0.6 is 0 Å². The second-order valence-corrected chi connectivity index (χ2v) is 5.23. The molecule has 0 amide bonds. The van der Waals surface area contributed by atoms with Gasteiger partial charge in [0.1, 0.15) is 0 Å². The molecule has 0 fully saturated rings. The summed E-state index contributed by atoms with van der Waals surface area (Å²) in [6.45, 7) is 9.03. The molecule has 15 heavy (non-hydrogen) atoms. The van der Waals surface area contributed by atoms with E-state index in [0.29, 0.717) is 11.8 Å². The summed E-state index contributed by atoms with van der Waals surface area (Å²) in [5.74, 6) is 1.15. The largest absolute Gasteiger partial charge is 0.257 e. The van der Waals surface area contributed by atoms with Crippen molar-refractivity contribution in [2.24, 2.45) is 0 Å². The zero-order chi connectivity index (χ0) is 11.0. The SMILES string of the molecule is CC(C)c1cc2c(nc1C(C)C)CCC2. The summed E-state index contributed by atoms with van der Waals surface area (Å²) in [5.41, 5.74) is 5.66. The van der Waals surface area contributed by atoms with Gasteiger partial charge in [-0.3, -0.25) is 4.98 Å². The van der Waals surface area contributed by atoms with Gasteiger partial charge in [0, 0.05) is 11.4 Å². The molecule has 0 aliphatic heterocycles. The minimum atomic E-state index is 0.549. The highest BCUT2D eigenvalue weighted by Crippen LogP contribution is 2.30. The molecule has 0 N–H and O–H groups in total. The molecule has 1 heterocycles. The number of nitrogens with zero attached hydrogens (tertiary/aromatic N) is 1. The van der Waals surface area contributed by atoms with Crippen LogP contribution in [-0.2, 0) is 12.8 Å². The average Bonchev–Trinajstić information content (AvgIpc) is 2.61. The van der Waals surface area contributed by atoms with E-state index in [2.05, 4.69) is 33.8 Å². The number of aromatic nitrogens is 1. The van der Waals surface area contributed by atoms with Gasteiger partial charge in [0.05, 0.1) is 0 Å².